The molecule has 1 N–H and O–H groups in total. The standard InChI is InChI=1S/C16H22N4/c1-17-14(11-15-18-12-19-20(15)2)16(9-6-10-16)13-7-4-3-5-8-13/h3-5,7-8,12,14,17H,6,9-11H2,1-2H3. The Morgan fingerprint density at radius 2 is 2.05 bits per heavy atom. The first kappa shape index (κ1) is 13.3. The van der Waals surface area contributed by atoms with Gasteiger partial charge in [-0.2, -0.15) is 5.10 Å². The highest BCUT2D eigenvalue weighted by atomic mass is 15.3. The molecule has 1 unspecified atom stereocenters. The SMILES string of the molecule is CNC(Cc1ncnn1C)C1(c2ccccc2)CCC1. The highest BCUT2D eigenvalue weighted by Gasteiger charge is 2.45. The topological polar surface area (TPSA) is 42.7 Å². The maximum Gasteiger partial charge on any atom is 0.138 e. The van der Waals surface area contributed by atoms with Crippen LogP contribution in [0.1, 0.15) is 30.7 Å². The molecule has 106 valence electrons. The Balaban J connectivity index is 1.89. The van der Waals surface area contributed by atoms with Gasteiger partial charge in [-0.05, 0) is 25.5 Å². The van der Waals surface area contributed by atoms with E-state index in [0.29, 0.717) is 6.04 Å². The van der Waals surface area contributed by atoms with Crippen molar-refractivity contribution in [3.05, 3.63) is 48.0 Å². The Morgan fingerprint density at radius 1 is 1.30 bits per heavy atom. The van der Waals surface area contributed by atoms with Gasteiger partial charge in [-0.1, -0.05) is 36.8 Å². The van der Waals surface area contributed by atoms with Gasteiger partial charge in [0.05, 0.1) is 0 Å². The van der Waals surface area contributed by atoms with Crippen LogP contribution in [-0.2, 0) is 18.9 Å². The second-order valence-corrected chi connectivity index (χ2v) is 5.72. The number of rotatable bonds is 5. The van der Waals surface area contributed by atoms with Crippen LogP contribution in [0.3, 0.4) is 0 Å². The van der Waals surface area contributed by atoms with Crippen LogP contribution in [0.5, 0.6) is 0 Å². The first-order chi connectivity index (χ1) is 9.76. The van der Waals surface area contributed by atoms with Crippen LogP contribution in [0.2, 0.25) is 0 Å². The summed E-state index contributed by atoms with van der Waals surface area (Å²) in [5.41, 5.74) is 1.70. The number of nitrogens with zero attached hydrogens (tertiary/aromatic N) is 3. The molecule has 1 aliphatic rings. The fourth-order valence-corrected chi connectivity index (χ4v) is 3.43. The molecule has 20 heavy (non-hydrogen) atoms. The molecule has 0 aliphatic heterocycles. The molecule has 4 nitrogen and oxygen atoms in total. The average molecular weight is 270 g/mol. The first-order valence-corrected chi connectivity index (χ1v) is 7.32. The summed E-state index contributed by atoms with van der Waals surface area (Å²) in [7, 11) is 4.02. The van der Waals surface area contributed by atoms with E-state index in [0.717, 1.165) is 12.2 Å². The van der Waals surface area contributed by atoms with E-state index in [9.17, 15) is 0 Å². The fourth-order valence-electron chi connectivity index (χ4n) is 3.43. The molecule has 0 spiro atoms. The third-order valence-electron chi connectivity index (χ3n) is 4.80. The largest absolute Gasteiger partial charge is 0.316 e. The van der Waals surface area contributed by atoms with Gasteiger partial charge in [0.15, 0.2) is 0 Å². The zero-order chi connectivity index (χ0) is 14.0. The lowest BCUT2D eigenvalue weighted by Crippen LogP contribution is -2.53. The molecular formula is C16H22N4. The molecule has 1 saturated carbocycles. The fraction of sp³-hybridized carbons (Fsp3) is 0.500. The minimum Gasteiger partial charge on any atom is -0.316 e. The van der Waals surface area contributed by atoms with Crippen LogP contribution in [0.25, 0.3) is 0 Å². The molecule has 1 fully saturated rings. The maximum absolute atomic E-state index is 4.38. The molecule has 0 amide bonds. The van der Waals surface area contributed by atoms with E-state index in [1.165, 1.54) is 24.8 Å². The van der Waals surface area contributed by atoms with Crippen molar-refractivity contribution >= 4 is 0 Å². The minimum absolute atomic E-state index is 0.252. The summed E-state index contributed by atoms with van der Waals surface area (Å²) in [6.45, 7) is 0. The van der Waals surface area contributed by atoms with E-state index in [2.05, 4.69) is 52.8 Å². The van der Waals surface area contributed by atoms with Crippen molar-refractivity contribution in [1.82, 2.24) is 20.1 Å². The summed E-state index contributed by atoms with van der Waals surface area (Å²) in [6.07, 6.45) is 6.37. The van der Waals surface area contributed by atoms with Gasteiger partial charge in [0.25, 0.3) is 0 Å². The van der Waals surface area contributed by atoms with Crippen molar-refractivity contribution in [2.75, 3.05) is 7.05 Å². The third-order valence-corrected chi connectivity index (χ3v) is 4.80. The van der Waals surface area contributed by atoms with Crippen LogP contribution in [0.15, 0.2) is 36.7 Å². The summed E-state index contributed by atoms with van der Waals surface area (Å²) in [4.78, 5) is 4.38. The van der Waals surface area contributed by atoms with E-state index in [1.807, 2.05) is 11.7 Å². The van der Waals surface area contributed by atoms with Gasteiger partial charge in [-0.15, -0.1) is 0 Å². The highest BCUT2D eigenvalue weighted by molar-refractivity contribution is 5.31. The predicted molar refractivity (Wildman–Crippen MR) is 79.5 cm³/mol. The van der Waals surface area contributed by atoms with Crippen LogP contribution < -0.4 is 5.32 Å². The smallest absolute Gasteiger partial charge is 0.138 e. The van der Waals surface area contributed by atoms with Crippen molar-refractivity contribution in [2.24, 2.45) is 7.05 Å². The minimum atomic E-state index is 0.252. The first-order valence-electron chi connectivity index (χ1n) is 7.32. The number of aryl methyl sites for hydroxylation is 1. The molecule has 2 aromatic rings. The van der Waals surface area contributed by atoms with Gasteiger partial charge < -0.3 is 5.32 Å². The molecule has 4 heteroatoms. The molecule has 0 bridgehead atoms. The van der Waals surface area contributed by atoms with Crippen molar-refractivity contribution < 1.29 is 0 Å². The van der Waals surface area contributed by atoms with Crippen LogP contribution in [0, 0.1) is 0 Å². The number of hydrogen-bond acceptors (Lipinski definition) is 3. The molecule has 1 heterocycles. The molecule has 3 rings (SSSR count). The molecular weight excluding hydrogens is 248 g/mol. The van der Waals surface area contributed by atoms with Crippen LogP contribution in [0.4, 0.5) is 0 Å². The van der Waals surface area contributed by atoms with Crippen LogP contribution in [-0.4, -0.2) is 27.9 Å². The lowest BCUT2D eigenvalue weighted by molar-refractivity contribution is 0.171. The molecule has 1 aromatic heterocycles. The normalized spacial score (nSPS) is 18.5. The third kappa shape index (κ3) is 2.14. The van der Waals surface area contributed by atoms with Gasteiger partial charge in [0.2, 0.25) is 0 Å². The maximum atomic E-state index is 4.38. The monoisotopic (exact) mass is 270 g/mol. The Bertz CT molecular complexity index is 557. The van der Waals surface area contributed by atoms with Crippen molar-refractivity contribution in [3.63, 3.8) is 0 Å². The molecule has 1 atom stereocenters. The lowest BCUT2D eigenvalue weighted by atomic mass is 9.59. The van der Waals surface area contributed by atoms with E-state index in [4.69, 9.17) is 0 Å². The van der Waals surface area contributed by atoms with E-state index in [-0.39, 0.29) is 5.41 Å². The summed E-state index contributed by atoms with van der Waals surface area (Å²) < 4.78 is 1.88. The number of hydrogen-bond donors (Lipinski definition) is 1. The zero-order valence-electron chi connectivity index (χ0n) is 12.2. The molecule has 0 saturated heterocycles. The molecule has 1 aliphatic carbocycles. The predicted octanol–water partition coefficient (Wildman–Crippen LogP) is 2.07. The quantitative estimate of drug-likeness (QED) is 0.904. The molecule has 0 radical (unpaired) electrons. The van der Waals surface area contributed by atoms with E-state index < -0.39 is 0 Å². The van der Waals surface area contributed by atoms with Crippen molar-refractivity contribution in [2.45, 2.75) is 37.1 Å². The van der Waals surface area contributed by atoms with Gasteiger partial charge in [-0.3, -0.25) is 4.68 Å². The van der Waals surface area contributed by atoms with Crippen LogP contribution >= 0.6 is 0 Å². The van der Waals surface area contributed by atoms with Crippen molar-refractivity contribution in [1.29, 1.82) is 0 Å². The summed E-state index contributed by atoms with van der Waals surface area (Å²) >= 11 is 0. The van der Waals surface area contributed by atoms with Crippen molar-refractivity contribution in [3.8, 4) is 0 Å². The number of benzene rings is 1. The second kappa shape index (κ2) is 5.37. The van der Waals surface area contributed by atoms with Gasteiger partial charge in [0.1, 0.15) is 12.2 Å². The lowest BCUT2D eigenvalue weighted by Gasteiger charge is -2.48. The van der Waals surface area contributed by atoms with E-state index in [1.54, 1.807) is 6.33 Å². The Hall–Kier alpha value is -1.68. The summed E-state index contributed by atoms with van der Waals surface area (Å²) in [6, 6.07) is 11.3. The average Bonchev–Trinajstić information content (AvgIpc) is 2.83. The summed E-state index contributed by atoms with van der Waals surface area (Å²) in [5, 5.41) is 7.71. The Morgan fingerprint density at radius 3 is 2.55 bits per heavy atom. The van der Waals surface area contributed by atoms with Gasteiger partial charge in [-0.25, -0.2) is 4.98 Å². The Kier molecular flexibility index (Phi) is 3.57. The number of aromatic nitrogens is 3. The Labute approximate surface area is 120 Å². The number of nitrogens with one attached hydrogen (secondary N) is 1. The number of likely N-dealkylation sites (N-methyl/N-ethyl adjacent to an activating group) is 1. The second-order valence-electron chi connectivity index (χ2n) is 5.72. The highest BCUT2D eigenvalue weighted by Crippen LogP contribution is 2.47. The van der Waals surface area contributed by atoms with Gasteiger partial charge in [0, 0.05) is 24.9 Å². The van der Waals surface area contributed by atoms with Gasteiger partial charge >= 0.3 is 0 Å². The molecule has 1 aromatic carbocycles. The van der Waals surface area contributed by atoms with E-state index >= 15 is 0 Å². The zero-order valence-corrected chi connectivity index (χ0v) is 12.2. The summed E-state index contributed by atoms with van der Waals surface area (Å²) in [5.74, 6) is 1.05.